The van der Waals surface area contributed by atoms with Gasteiger partial charge in [-0.3, -0.25) is 0 Å². The van der Waals surface area contributed by atoms with Gasteiger partial charge in [0.1, 0.15) is 0 Å². The van der Waals surface area contributed by atoms with Crippen LogP contribution in [0.3, 0.4) is 0 Å². The summed E-state index contributed by atoms with van der Waals surface area (Å²) in [5, 5.41) is 4.13. The van der Waals surface area contributed by atoms with E-state index in [1.165, 1.54) is 0 Å². The Morgan fingerprint density at radius 3 is 2.82 bits per heavy atom. The zero-order valence-corrected chi connectivity index (χ0v) is 11.6. The molecular weight excluding hydrogens is 236 g/mol. The summed E-state index contributed by atoms with van der Waals surface area (Å²) < 4.78 is 5.01. The summed E-state index contributed by atoms with van der Waals surface area (Å²) in [7, 11) is 1.66. The molecule has 1 heterocycles. The summed E-state index contributed by atoms with van der Waals surface area (Å²) in [6, 6.07) is 0.160. The molecule has 0 radical (unpaired) electrons. The van der Waals surface area contributed by atoms with Gasteiger partial charge in [0.05, 0.1) is 23.9 Å². The highest BCUT2D eigenvalue weighted by Gasteiger charge is 2.05. The number of aromatic nitrogens is 1. The minimum atomic E-state index is 0.160. The third-order valence-corrected chi connectivity index (χ3v) is 3.26. The van der Waals surface area contributed by atoms with Crippen molar-refractivity contribution in [2.45, 2.75) is 33.4 Å². The Balaban J connectivity index is 2.50. The lowest BCUT2D eigenvalue weighted by Gasteiger charge is -2.12. The number of nitrogens with one attached hydrogen (secondary N) is 1. The minimum absolute atomic E-state index is 0.160. The molecule has 0 saturated heterocycles. The van der Waals surface area contributed by atoms with Crippen LogP contribution in [0.15, 0.2) is 4.99 Å². The van der Waals surface area contributed by atoms with Crippen LogP contribution in [-0.2, 0) is 11.3 Å². The highest BCUT2D eigenvalue weighted by atomic mass is 32.1. The Morgan fingerprint density at radius 2 is 2.29 bits per heavy atom. The predicted octanol–water partition coefficient (Wildman–Crippen LogP) is 1.20. The van der Waals surface area contributed by atoms with E-state index in [1.54, 1.807) is 18.4 Å². The van der Waals surface area contributed by atoms with Crippen LogP contribution in [0.4, 0.5) is 0 Å². The Hall–Kier alpha value is -1.14. The highest BCUT2D eigenvalue weighted by molar-refractivity contribution is 7.11. The van der Waals surface area contributed by atoms with Gasteiger partial charge in [0.25, 0.3) is 0 Å². The van der Waals surface area contributed by atoms with Gasteiger partial charge in [-0.1, -0.05) is 0 Å². The van der Waals surface area contributed by atoms with Crippen molar-refractivity contribution in [1.29, 1.82) is 0 Å². The van der Waals surface area contributed by atoms with Gasteiger partial charge < -0.3 is 15.8 Å². The van der Waals surface area contributed by atoms with Gasteiger partial charge in [-0.05, 0) is 20.8 Å². The van der Waals surface area contributed by atoms with Crippen molar-refractivity contribution in [1.82, 2.24) is 10.3 Å². The SMILES string of the molecule is COCC(C)NC(N)=NCc1sc(C)nc1C. The first-order valence-corrected chi connectivity index (χ1v) is 6.33. The van der Waals surface area contributed by atoms with E-state index in [1.807, 2.05) is 20.8 Å². The average molecular weight is 256 g/mol. The first kappa shape index (κ1) is 13.9. The summed E-state index contributed by atoms with van der Waals surface area (Å²) >= 11 is 1.66. The van der Waals surface area contributed by atoms with E-state index in [0.717, 1.165) is 15.6 Å². The number of ether oxygens (including phenoxy) is 1. The summed E-state index contributed by atoms with van der Waals surface area (Å²) in [5.74, 6) is 0.444. The van der Waals surface area contributed by atoms with Crippen molar-refractivity contribution < 1.29 is 4.74 Å². The van der Waals surface area contributed by atoms with Crippen molar-refractivity contribution >= 4 is 17.3 Å². The van der Waals surface area contributed by atoms with Crippen LogP contribution in [0.2, 0.25) is 0 Å². The van der Waals surface area contributed by atoms with E-state index in [-0.39, 0.29) is 6.04 Å². The van der Waals surface area contributed by atoms with E-state index in [2.05, 4.69) is 15.3 Å². The molecule has 0 spiro atoms. The molecular formula is C11H20N4OS. The zero-order valence-electron chi connectivity index (χ0n) is 10.8. The number of hydrogen-bond donors (Lipinski definition) is 2. The van der Waals surface area contributed by atoms with Crippen LogP contribution >= 0.6 is 11.3 Å². The number of nitrogens with two attached hydrogens (primary N) is 1. The van der Waals surface area contributed by atoms with E-state index >= 15 is 0 Å². The molecule has 0 saturated carbocycles. The molecule has 0 aliphatic heterocycles. The average Bonchev–Trinajstić information content (AvgIpc) is 2.54. The van der Waals surface area contributed by atoms with Crippen molar-refractivity contribution in [3.8, 4) is 0 Å². The maximum Gasteiger partial charge on any atom is 0.189 e. The molecule has 5 nitrogen and oxygen atoms in total. The van der Waals surface area contributed by atoms with Gasteiger partial charge in [-0.25, -0.2) is 9.98 Å². The number of methoxy groups -OCH3 is 1. The first-order valence-electron chi connectivity index (χ1n) is 5.51. The van der Waals surface area contributed by atoms with Crippen LogP contribution in [0.5, 0.6) is 0 Å². The maximum atomic E-state index is 5.78. The number of nitrogens with zero attached hydrogens (tertiary/aromatic N) is 2. The van der Waals surface area contributed by atoms with Gasteiger partial charge >= 0.3 is 0 Å². The van der Waals surface area contributed by atoms with E-state index in [0.29, 0.717) is 19.1 Å². The molecule has 1 atom stereocenters. The molecule has 96 valence electrons. The van der Waals surface area contributed by atoms with Gasteiger partial charge in [0.15, 0.2) is 5.96 Å². The first-order chi connectivity index (χ1) is 8.02. The third-order valence-electron chi connectivity index (χ3n) is 2.20. The lowest BCUT2D eigenvalue weighted by Crippen LogP contribution is -2.40. The minimum Gasteiger partial charge on any atom is -0.383 e. The summed E-state index contributed by atoms with van der Waals surface area (Å²) in [6.07, 6.45) is 0. The summed E-state index contributed by atoms with van der Waals surface area (Å²) in [4.78, 5) is 9.80. The molecule has 0 fully saturated rings. The van der Waals surface area contributed by atoms with Crippen molar-refractivity contribution in [2.24, 2.45) is 10.7 Å². The molecule has 0 amide bonds. The van der Waals surface area contributed by atoms with Crippen LogP contribution < -0.4 is 11.1 Å². The van der Waals surface area contributed by atoms with Gasteiger partial charge in [-0.2, -0.15) is 0 Å². The summed E-state index contributed by atoms with van der Waals surface area (Å²) in [6.45, 7) is 7.16. The molecule has 0 bridgehead atoms. The Labute approximate surface area is 106 Å². The lowest BCUT2D eigenvalue weighted by atomic mass is 10.4. The summed E-state index contributed by atoms with van der Waals surface area (Å²) in [5.41, 5.74) is 6.81. The number of hydrogen-bond acceptors (Lipinski definition) is 4. The monoisotopic (exact) mass is 256 g/mol. The molecule has 1 rings (SSSR count). The van der Waals surface area contributed by atoms with E-state index in [9.17, 15) is 0 Å². The second kappa shape index (κ2) is 6.56. The number of rotatable bonds is 5. The molecule has 0 aliphatic rings. The molecule has 1 aromatic rings. The fraction of sp³-hybridized carbons (Fsp3) is 0.636. The van der Waals surface area contributed by atoms with Crippen LogP contribution in [0.25, 0.3) is 0 Å². The van der Waals surface area contributed by atoms with Crippen molar-refractivity contribution in [3.05, 3.63) is 15.6 Å². The van der Waals surface area contributed by atoms with Gasteiger partial charge in [-0.15, -0.1) is 11.3 Å². The Kier molecular flexibility index (Phi) is 5.37. The fourth-order valence-electron chi connectivity index (χ4n) is 1.47. The molecule has 3 N–H and O–H groups in total. The van der Waals surface area contributed by atoms with Gasteiger partial charge in [0.2, 0.25) is 0 Å². The molecule has 0 aromatic carbocycles. The van der Waals surface area contributed by atoms with Crippen molar-refractivity contribution in [3.63, 3.8) is 0 Å². The largest absolute Gasteiger partial charge is 0.383 e. The number of thiazole rings is 1. The molecule has 6 heteroatoms. The predicted molar refractivity (Wildman–Crippen MR) is 71.4 cm³/mol. The number of guanidine groups is 1. The maximum absolute atomic E-state index is 5.78. The lowest BCUT2D eigenvalue weighted by molar-refractivity contribution is 0.179. The molecule has 0 aliphatic carbocycles. The van der Waals surface area contributed by atoms with Crippen molar-refractivity contribution in [2.75, 3.05) is 13.7 Å². The van der Waals surface area contributed by atoms with Crippen LogP contribution in [0.1, 0.15) is 22.5 Å². The second-order valence-corrected chi connectivity index (χ2v) is 5.23. The van der Waals surface area contributed by atoms with E-state index in [4.69, 9.17) is 10.5 Å². The topological polar surface area (TPSA) is 72.5 Å². The normalized spacial score (nSPS) is 13.8. The standard InChI is InChI=1S/C11H20N4OS/c1-7(6-16-4)14-11(12)13-5-10-8(2)15-9(3)17-10/h7H,5-6H2,1-4H3,(H3,12,13,14). The number of aryl methyl sites for hydroxylation is 2. The zero-order chi connectivity index (χ0) is 12.8. The third kappa shape index (κ3) is 4.70. The fourth-order valence-corrected chi connectivity index (χ4v) is 2.33. The Bertz CT molecular complexity index is 389. The molecule has 17 heavy (non-hydrogen) atoms. The van der Waals surface area contributed by atoms with Crippen LogP contribution in [0, 0.1) is 13.8 Å². The second-order valence-electron chi connectivity index (χ2n) is 3.94. The highest BCUT2D eigenvalue weighted by Crippen LogP contribution is 2.17. The molecule has 1 aromatic heterocycles. The number of aliphatic imine (C=N–C) groups is 1. The quantitative estimate of drug-likeness (QED) is 0.613. The smallest absolute Gasteiger partial charge is 0.189 e. The molecule has 1 unspecified atom stereocenters. The van der Waals surface area contributed by atoms with Gasteiger partial charge in [0, 0.05) is 18.0 Å². The van der Waals surface area contributed by atoms with E-state index < -0.39 is 0 Å². The van der Waals surface area contributed by atoms with Crippen LogP contribution in [-0.4, -0.2) is 30.7 Å². The Morgan fingerprint density at radius 1 is 1.59 bits per heavy atom.